The fraction of sp³-hybridized carbons (Fsp3) is 0.812. The largest absolute Gasteiger partial charge is 0.480 e. The van der Waals surface area contributed by atoms with Gasteiger partial charge in [-0.25, -0.2) is 0 Å². The Hall–Kier alpha value is -1.28. The zero-order chi connectivity index (χ0) is 18.9. The highest BCUT2D eigenvalue weighted by atomic mass is 32.2. The van der Waals surface area contributed by atoms with Gasteiger partial charge >= 0.3 is 5.97 Å². The third-order valence-corrected chi connectivity index (χ3v) is 4.44. The first-order valence-corrected chi connectivity index (χ1v) is 9.40. The molecule has 0 saturated heterocycles. The standard InChI is InChI=1S/C16H30N2O5S/c1-6-10(16(2,3)4)14(22)18-11(7-8-24-5)13(21)15(23)17-9-12(19)20/h10-11,13,21H,6-9H2,1-5H3,(H,17,23)(H,18,22)(H,19,20). The Morgan fingerprint density at radius 1 is 1.17 bits per heavy atom. The normalized spacial score (nSPS) is 15.2. The Morgan fingerprint density at radius 2 is 1.75 bits per heavy atom. The molecule has 0 aromatic heterocycles. The summed E-state index contributed by atoms with van der Waals surface area (Å²) < 4.78 is 0. The highest BCUT2D eigenvalue weighted by Crippen LogP contribution is 2.28. The van der Waals surface area contributed by atoms with Crippen LogP contribution < -0.4 is 10.6 Å². The van der Waals surface area contributed by atoms with Gasteiger partial charge in [0.1, 0.15) is 6.54 Å². The summed E-state index contributed by atoms with van der Waals surface area (Å²) in [7, 11) is 0. The van der Waals surface area contributed by atoms with Crippen molar-refractivity contribution in [1.82, 2.24) is 10.6 Å². The lowest BCUT2D eigenvalue weighted by atomic mass is 9.78. The van der Waals surface area contributed by atoms with E-state index >= 15 is 0 Å². The van der Waals surface area contributed by atoms with Crippen molar-refractivity contribution in [3.8, 4) is 0 Å². The van der Waals surface area contributed by atoms with Crippen LogP contribution in [0.3, 0.4) is 0 Å². The van der Waals surface area contributed by atoms with Gasteiger partial charge in [0.05, 0.1) is 6.04 Å². The Morgan fingerprint density at radius 3 is 2.17 bits per heavy atom. The van der Waals surface area contributed by atoms with Crippen molar-refractivity contribution in [2.24, 2.45) is 11.3 Å². The van der Waals surface area contributed by atoms with Gasteiger partial charge in [-0.2, -0.15) is 11.8 Å². The summed E-state index contributed by atoms with van der Waals surface area (Å²) >= 11 is 1.54. The number of rotatable bonds is 10. The number of carboxylic acid groups (broad SMARTS) is 1. The van der Waals surface area contributed by atoms with Crippen LogP contribution in [0.5, 0.6) is 0 Å². The number of carbonyl (C=O) groups excluding carboxylic acids is 2. The van der Waals surface area contributed by atoms with E-state index in [0.717, 1.165) is 0 Å². The van der Waals surface area contributed by atoms with Gasteiger partial charge in [-0.3, -0.25) is 14.4 Å². The minimum Gasteiger partial charge on any atom is -0.480 e. The lowest BCUT2D eigenvalue weighted by Crippen LogP contribution is -2.53. The summed E-state index contributed by atoms with van der Waals surface area (Å²) in [4.78, 5) is 34.9. The molecular formula is C16H30N2O5S. The SMILES string of the molecule is CCC(C(=O)NC(CCSC)C(O)C(=O)NCC(=O)O)C(C)(C)C. The van der Waals surface area contributed by atoms with E-state index < -0.39 is 30.6 Å². The molecule has 0 bridgehead atoms. The molecule has 2 amide bonds. The number of aliphatic carboxylic acids is 1. The molecule has 0 heterocycles. The average molecular weight is 362 g/mol. The second-order valence-electron chi connectivity index (χ2n) is 6.78. The minimum atomic E-state index is -1.49. The molecule has 0 aliphatic carbocycles. The third-order valence-electron chi connectivity index (χ3n) is 3.79. The minimum absolute atomic E-state index is 0.207. The second kappa shape index (κ2) is 10.6. The van der Waals surface area contributed by atoms with Crippen molar-refractivity contribution in [2.45, 2.75) is 52.7 Å². The van der Waals surface area contributed by atoms with Crippen LogP contribution in [-0.2, 0) is 14.4 Å². The molecular weight excluding hydrogens is 332 g/mol. The summed E-state index contributed by atoms with van der Waals surface area (Å²) in [5.41, 5.74) is -0.237. The van der Waals surface area contributed by atoms with Gasteiger partial charge in [-0.15, -0.1) is 0 Å². The van der Waals surface area contributed by atoms with Crippen molar-refractivity contribution < 1.29 is 24.6 Å². The quantitative estimate of drug-likeness (QED) is 0.458. The fourth-order valence-electron chi connectivity index (χ4n) is 2.48. The summed E-state index contributed by atoms with van der Waals surface area (Å²) in [5, 5.41) is 23.7. The van der Waals surface area contributed by atoms with E-state index in [0.29, 0.717) is 18.6 Å². The molecule has 0 radical (unpaired) electrons. The smallest absolute Gasteiger partial charge is 0.322 e. The molecule has 0 fully saturated rings. The summed E-state index contributed by atoms with van der Waals surface area (Å²) in [5.74, 6) is -1.79. The highest BCUT2D eigenvalue weighted by Gasteiger charge is 2.33. The van der Waals surface area contributed by atoms with Crippen LogP contribution in [0.2, 0.25) is 0 Å². The number of hydrogen-bond donors (Lipinski definition) is 4. The first-order chi connectivity index (χ1) is 11.0. The molecule has 0 aromatic carbocycles. The van der Waals surface area contributed by atoms with Crippen molar-refractivity contribution in [3.63, 3.8) is 0 Å². The molecule has 140 valence electrons. The number of amides is 2. The maximum atomic E-state index is 12.5. The van der Waals surface area contributed by atoms with Crippen molar-refractivity contribution in [1.29, 1.82) is 0 Å². The number of carbonyl (C=O) groups is 3. The zero-order valence-electron chi connectivity index (χ0n) is 15.1. The van der Waals surface area contributed by atoms with Crippen LogP contribution in [0.4, 0.5) is 0 Å². The first-order valence-electron chi connectivity index (χ1n) is 8.01. The predicted molar refractivity (Wildman–Crippen MR) is 94.8 cm³/mol. The molecule has 0 spiro atoms. The monoisotopic (exact) mass is 362 g/mol. The van der Waals surface area contributed by atoms with E-state index in [9.17, 15) is 19.5 Å². The van der Waals surface area contributed by atoms with Crippen molar-refractivity contribution in [2.75, 3.05) is 18.6 Å². The Kier molecular flexibility index (Phi) is 9.99. The van der Waals surface area contributed by atoms with Crippen LogP contribution in [0.1, 0.15) is 40.5 Å². The van der Waals surface area contributed by atoms with E-state index in [1.165, 1.54) is 11.8 Å². The molecule has 3 unspecified atom stereocenters. The molecule has 0 aliphatic heterocycles. The lowest BCUT2D eigenvalue weighted by Gasteiger charge is -2.31. The number of aliphatic hydroxyl groups is 1. The average Bonchev–Trinajstić information content (AvgIpc) is 2.47. The van der Waals surface area contributed by atoms with E-state index in [4.69, 9.17) is 5.11 Å². The highest BCUT2D eigenvalue weighted by molar-refractivity contribution is 7.98. The molecule has 24 heavy (non-hydrogen) atoms. The maximum Gasteiger partial charge on any atom is 0.322 e. The van der Waals surface area contributed by atoms with E-state index in [1.54, 1.807) is 0 Å². The van der Waals surface area contributed by atoms with Crippen LogP contribution in [0.25, 0.3) is 0 Å². The molecule has 0 aromatic rings. The van der Waals surface area contributed by atoms with Crippen LogP contribution in [0.15, 0.2) is 0 Å². The molecule has 8 heteroatoms. The topological polar surface area (TPSA) is 116 Å². The summed E-state index contributed by atoms with van der Waals surface area (Å²) in [6, 6.07) is -0.754. The Balaban J connectivity index is 5.01. The van der Waals surface area contributed by atoms with Crippen LogP contribution >= 0.6 is 11.8 Å². The molecule has 4 N–H and O–H groups in total. The van der Waals surface area contributed by atoms with E-state index in [2.05, 4.69) is 10.6 Å². The maximum absolute atomic E-state index is 12.5. The number of hydrogen-bond acceptors (Lipinski definition) is 5. The number of carboxylic acids is 1. The van der Waals surface area contributed by atoms with Crippen LogP contribution in [0, 0.1) is 11.3 Å². The van der Waals surface area contributed by atoms with Gasteiger partial charge in [0.15, 0.2) is 6.10 Å². The molecule has 0 aliphatic rings. The summed E-state index contributed by atoms with van der Waals surface area (Å²) in [6.07, 6.45) is 1.46. The number of nitrogens with one attached hydrogen (secondary N) is 2. The van der Waals surface area contributed by atoms with Gasteiger partial charge in [0, 0.05) is 5.92 Å². The van der Waals surface area contributed by atoms with Gasteiger partial charge in [-0.05, 0) is 30.3 Å². The molecule has 0 rings (SSSR count). The van der Waals surface area contributed by atoms with Gasteiger partial charge < -0.3 is 20.8 Å². The van der Waals surface area contributed by atoms with Gasteiger partial charge in [0.2, 0.25) is 5.91 Å². The second-order valence-corrected chi connectivity index (χ2v) is 7.77. The zero-order valence-corrected chi connectivity index (χ0v) is 15.9. The predicted octanol–water partition coefficient (Wildman–Crippen LogP) is 0.858. The first kappa shape index (κ1) is 22.7. The molecule has 0 saturated carbocycles. The Labute approximate surface area is 148 Å². The Bertz CT molecular complexity index is 437. The third kappa shape index (κ3) is 8.01. The fourth-order valence-corrected chi connectivity index (χ4v) is 2.97. The van der Waals surface area contributed by atoms with Crippen molar-refractivity contribution >= 4 is 29.5 Å². The lowest BCUT2D eigenvalue weighted by molar-refractivity contribution is -0.140. The van der Waals surface area contributed by atoms with E-state index in [-0.39, 0.29) is 17.2 Å². The van der Waals surface area contributed by atoms with Gasteiger partial charge in [-0.1, -0.05) is 27.7 Å². The van der Waals surface area contributed by atoms with E-state index in [1.807, 2.05) is 34.0 Å². The van der Waals surface area contributed by atoms with Crippen LogP contribution in [-0.4, -0.2) is 58.7 Å². The molecule has 7 nitrogen and oxygen atoms in total. The summed E-state index contributed by atoms with van der Waals surface area (Å²) in [6.45, 7) is 7.25. The van der Waals surface area contributed by atoms with Crippen molar-refractivity contribution in [3.05, 3.63) is 0 Å². The number of thioether (sulfide) groups is 1. The van der Waals surface area contributed by atoms with Gasteiger partial charge in [0.25, 0.3) is 5.91 Å². The number of aliphatic hydroxyl groups excluding tert-OH is 1. The molecule has 3 atom stereocenters.